The highest BCUT2D eigenvalue weighted by Gasteiger charge is 2.23. The number of aryl methyl sites for hydroxylation is 2. The fourth-order valence-corrected chi connectivity index (χ4v) is 3.53. The lowest BCUT2D eigenvalue weighted by atomic mass is 10.1. The van der Waals surface area contributed by atoms with Gasteiger partial charge in [-0.05, 0) is 31.0 Å². The lowest BCUT2D eigenvalue weighted by molar-refractivity contribution is 0.149. The summed E-state index contributed by atoms with van der Waals surface area (Å²) in [7, 11) is 0. The first-order valence-electron chi connectivity index (χ1n) is 9.32. The molecule has 0 aliphatic carbocycles. The van der Waals surface area contributed by atoms with Gasteiger partial charge in [0.05, 0.1) is 0 Å². The van der Waals surface area contributed by atoms with Gasteiger partial charge in [-0.15, -0.1) is 4.99 Å². The lowest BCUT2D eigenvalue weighted by Gasteiger charge is -2.38. The fourth-order valence-electron chi connectivity index (χ4n) is 3.53. The number of carbonyl (C=O) groups excluding carboxylic acids is 1. The largest absolute Gasteiger partial charge is 0.443 e. The van der Waals surface area contributed by atoms with E-state index in [1.165, 1.54) is 29.1 Å². The second kappa shape index (κ2) is 8.76. The van der Waals surface area contributed by atoms with E-state index >= 15 is 0 Å². The average Bonchev–Trinajstić information content (AvgIpc) is 2.67. The van der Waals surface area contributed by atoms with Crippen molar-refractivity contribution >= 4 is 23.6 Å². The van der Waals surface area contributed by atoms with Crippen molar-refractivity contribution in [1.82, 2.24) is 4.98 Å². The van der Waals surface area contributed by atoms with Crippen LogP contribution in [0.4, 0.5) is 20.7 Å². The van der Waals surface area contributed by atoms with Gasteiger partial charge in [0, 0.05) is 43.6 Å². The molecule has 4 N–H and O–H groups in total. The summed E-state index contributed by atoms with van der Waals surface area (Å²) in [6, 6.07) is 7.72. The number of amides is 1. The zero-order chi connectivity index (χ0) is 21.0. The highest BCUT2D eigenvalue weighted by atomic mass is 19.1. The molecular weight excluding hydrogens is 375 g/mol. The van der Waals surface area contributed by atoms with Gasteiger partial charge in [0.1, 0.15) is 6.61 Å². The number of aliphatic imine (C=N–C) groups is 1. The maximum absolute atomic E-state index is 14.9. The third-order valence-electron chi connectivity index (χ3n) is 4.86. The molecule has 0 saturated carbocycles. The van der Waals surface area contributed by atoms with Crippen molar-refractivity contribution in [2.75, 3.05) is 36.0 Å². The molecule has 154 valence electrons. The summed E-state index contributed by atoms with van der Waals surface area (Å²) in [5.41, 5.74) is 14.1. The van der Waals surface area contributed by atoms with Crippen LogP contribution in [0.1, 0.15) is 16.7 Å². The molecule has 0 bridgehead atoms. The number of benzene rings is 1. The van der Waals surface area contributed by atoms with Gasteiger partial charge in [0.25, 0.3) is 0 Å². The van der Waals surface area contributed by atoms with Crippen molar-refractivity contribution in [3.63, 3.8) is 0 Å². The minimum atomic E-state index is -0.968. The van der Waals surface area contributed by atoms with Crippen molar-refractivity contribution in [3.8, 4) is 0 Å². The molecule has 2 aromatic rings. The van der Waals surface area contributed by atoms with Crippen molar-refractivity contribution in [3.05, 3.63) is 53.0 Å². The van der Waals surface area contributed by atoms with Crippen LogP contribution in [0.25, 0.3) is 0 Å². The first kappa shape index (κ1) is 20.4. The molecule has 1 aromatic carbocycles. The normalized spacial score (nSPS) is 13.9. The van der Waals surface area contributed by atoms with Crippen molar-refractivity contribution in [2.24, 2.45) is 16.5 Å². The van der Waals surface area contributed by atoms with Crippen molar-refractivity contribution in [1.29, 1.82) is 0 Å². The Hall–Kier alpha value is -3.36. The Labute approximate surface area is 169 Å². The van der Waals surface area contributed by atoms with Crippen LogP contribution >= 0.6 is 0 Å². The Kier molecular flexibility index (Phi) is 6.16. The van der Waals surface area contributed by atoms with E-state index in [1.54, 1.807) is 0 Å². The summed E-state index contributed by atoms with van der Waals surface area (Å²) in [6.07, 6.45) is 0.532. The molecule has 8 nitrogen and oxygen atoms in total. The summed E-state index contributed by atoms with van der Waals surface area (Å²) < 4.78 is 19.8. The third kappa shape index (κ3) is 4.74. The molecule has 1 saturated heterocycles. The van der Waals surface area contributed by atoms with Gasteiger partial charge < -0.3 is 26.0 Å². The van der Waals surface area contributed by atoms with Gasteiger partial charge >= 0.3 is 6.09 Å². The average molecular weight is 400 g/mol. The second-order valence-electron chi connectivity index (χ2n) is 6.91. The summed E-state index contributed by atoms with van der Waals surface area (Å²) in [4.78, 5) is 23.1. The molecule has 1 fully saturated rings. The number of hydrogen-bond donors (Lipinski definition) is 2. The number of aromatic nitrogens is 1. The standard InChI is InChI=1S/C20H25FN6O2/c1-13-4-3-5-14(2)17(13)26-8-10-27(11-9-26)18-16(21)15(6-7-24-18)12-29-20(28)25-19(22)23/h3-7H,8-12H2,1-2H3,(H4,22,23,25,28). The zero-order valence-corrected chi connectivity index (χ0v) is 16.6. The second-order valence-corrected chi connectivity index (χ2v) is 6.91. The number of pyridine rings is 1. The highest BCUT2D eigenvalue weighted by molar-refractivity contribution is 5.87. The van der Waals surface area contributed by atoms with Crippen LogP contribution in [0.2, 0.25) is 0 Å². The molecular formula is C20H25FN6O2. The van der Waals surface area contributed by atoms with Crippen LogP contribution < -0.4 is 21.3 Å². The summed E-state index contributed by atoms with van der Waals surface area (Å²) in [5, 5.41) is 0. The van der Waals surface area contributed by atoms with Crippen LogP contribution in [0, 0.1) is 19.7 Å². The van der Waals surface area contributed by atoms with E-state index in [1.807, 2.05) is 4.90 Å². The topological polar surface area (TPSA) is 110 Å². The molecule has 3 rings (SSSR count). The number of hydrogen-bond acceptors (Lipinski definition) is 5. The van der Waals surface area contributed by atoms with E-state index in [4.69, 9.17) is 16.2 Å². The molecule has 0 spiro atoms. The number of piperazine rings is 1. The number of anilines is 2. The van der Waals surface area contributed by atoms with Gasteiger partial charge in [-0.25, -0.2) is 14.2 Å². The number of guanidine groups is 1. The van der Waals surface area contributed by atoms with Crippen molar-refractivity contribution < 1.29 is 13.9 Å². The molecule has 1 amide bonds. The van der Waals surface area contributed by atoms with Crippen LogP contribution in [0.3, 0.4) is 0 Å². The number of halogens is 1. The third-order valence-corrected chi connectivity index (χ3v) is 4.86. The number of para-hydroxylation sites is 1. The van der Waals surface area contributed by atoms with E-state index in [2.05, 4.69) is 46.9 Å². The van der Waals surface area contributed by atoms with Gasteiger partial charge in [0.2, 0.25) is 0 Å². The zero-order valence-electron chi connectivity index (χ0n) is 16.6. The minimum Gasteiger partial charge on any atom is -0.443 e. The molecule has 1 aliphatic rings. The van der Waals surface area contributed by atoms with Gasteiger partial charge in [-0.2, -0.15) is 0 Å². The first-order chi connectivity index (χ1) is 13.9. The van der Waals surface area contributed by atoms with Crippen LogP contribution in [-0.2, 0) is 11.3 Å². The Bertz CT molecular complexity index is 901. The predicted octanol–water partition coefficient (Wildman–Crippen LogP) is 2.07. The molecule has 29 heavy (non-hydrogen) atoms. The molecule has 2 heterocycles. The maximum Gasteiger partial charge on any atom is 0.437 e. The summed E-state index contributed by atoms with van der Waals surface area (Å²) in [5.74, 6) is -0.667. The predicted molar refractivity (Wildman–Crippen MR) is 111 cm³/mol. The minimum absolute atomic E-state index is 0.214. The van der Waals surface area contributed by atoms with Crippen LogP contribution in [0.15, 0.2) is 35.5 Å². The number of nitrogens with zero attached hydrogens (tertiary/aromatic N) is 4. The number of ether oxygens (including phenoxy) is 1. The van der Waals surface area contributed by atoms with E-state index < -0.39 is 17.9 Å². The molecule has 1 aliphatic heterocycles. The lowest BCUT2D eigenvalue weighted by Crippen LogP contribution is -2.47. The molecule has 0 unspecified atom stereocenters. The van der Waals surface area contributed by atoms with Gasteiger partial charge in [-0.3, -0.25) is 0 Å². The van der Waals surface area contributed by atoms with Crippen LogP contribution in [0.5, 0.6) is 0 Å². The number of rotatable bonds is 4. The summed E-state index contributed by atoms with van der Waals surface area (Å²) >= 11 is 0. The first-order valence-corrected chi connectivity index (χ1v) is 9.32. The van der Waals surface area contributed by atoms with E-state index in [9.17, 15) is 9.18 Å². The SMILES string of the molecule is Cc1cccc(C)c1N1CCN(c2nccc(COC(=O)N=C(N)N)c2F)CC1. The highest BCUT2D eigenvalue weighted by Crippen LogP contribution is 2.27. The van der Waals surface area contributed by atoms with Gasteiger partial charge in [-0.1, -0.05) is 18.2 Å². The molecule has 9 heteroatoms. The van der Waals surface area contributed by atoms with Gasteiger partial charge in [0.15, 0.2) is 17.6 Å². The maximum atomic E-state index is 14.9. The Morgan fingerprint density at radius 3 is 2.38 bits per heavy atom. The monoisotopic (exact) mass is 400 g/mol. The van der Waals surface area contributed by atoms with E-state index in [-0.39, 0.29) is 18.0 Å². The summed E-state index contributed by atoms with van der Waals surface area (Å²) in [6.45, 7) is 6.71. The number of nitrogens with two attached hydrogens (primary N) is 2. The molecule has 0 radical (unpaired) electrons. The fraction of sp³-hybridized carbons (Fsp3) is 0.350. The van der Waals surface area contributed by atoms with E-state index in [0.29, 0.717) is 13.1 Å². The van der Waals surface area contributed by atoms with E-state index in [0.717, 1.165) is 13.1 Å². The van der Waals surface area contributed by atoms with Crippen molar-refractivity contribution in [2.45, 2.75) is 20.5 Å². The Balaban J connectivity index is 1.68. The quantitative estimate of drug-likeness (QED) is 0.597. The molecule has 1 aromatic heterocycles. The molecule has 0 atom stereocenters. The Morgan fingerprint density at radius 2 is 1.76 bits per heavy atom. The Morgan fingerprint density at radius 1 is 1.14 bits per heavy atom. The van der Waals surface area contributed by atoms with Crippen LogP contribution in [-0.4, -0.2) is 43.2 Å². The smallest absolute Gasteiger partial charge is 0.437 e. The number of carbonyl (C=O) groups is 1.